The fourth-order valence-electron chi connectivity index (χ4n) is 10.8. The summed E-state index contributed by atoms with van der Waals surface area (Å²) >= 11 is 0. The summed E-state index contributed by atoms with van der Waals surface area (Å²) in [4.78, 5) is 26.8. The minimum Gasteiger partial charge on any atom is -0.468 e. The zero-order chi connectivity index (χ0) is 51.7. The number of aromatic nitrogens is 2. The van der Waals surface area contributed by atoms with E-state index < -0.39 is 69.6 Å². The number of carbonyl (C=O) groups is 1. The van der Waals surface area contributed by atoms with Crippen molar-refractivity contribution in [2.75, 3.05) is 45.1 Å². The Morgan fingerprint density at radius 3 is 2.17 bits per heavy atom. The Bertz CT molecular complexity index is 2690. The molecule has 0 N–H and O–H groups in total. The highest BCUT2D eigenvalue weighted by Gasteiger charge is 2.72. The van der Waals surface area contributed by atoms with Crippen molar-refractivity contribution in [3.05, 3.63) is 53.6 Å². The first kappa shape index (κ1) is 53.4. The third kappa shape index (κ3) is 9.90. The molecular formula is C54H74F4N4O6Si2. The lowest BCUT2D eigenvalue weighted by Gasteiger charge is -2.47. The average molecular weight is 1010 g/mol. The molecule has 2 bridgehead atoms. The third-order valence-corrected chi connectivity index (χ3v) is 26.5. The molecule has 382 valence electrons. The van der Waals surface area contributed by atoms with Crippen LogP contribution in [0.2, 0.25) is 34.8 Å². The molecule has 0 spiro atoms. The summed E-state index contributed by atoms with van der Waals surface area (Å²) in [5.74, 6) is -0.948. The first-order valence-corrected chi connectivity index (χ1v) is 29.9. The molecule has 0 unspecified atom stereocenters. The minimum absolute atomic E-state index is 0.0604. The van der Waals surface area contributed by atoms with Crippen molar-refractivity contribution in [1.82, 2.24) is 14.9 Å². The fraction of sp³-hybridized carbons (Fsp3) is 0.611. The number of alkyl halides is 2. The van der Waals surface area contributed by atoms with Crippen LogP contribution in [-0.4, -0.2) is 101 Å². The second kappa shape index (κ2) is 18.9. The summed E-state index contributed by atoms with van der Waals surface area (Å²) in [6.07, 6.45) is 0.407. The van der Waals surface area contributed by atoms with Crippen LogP contribution in [0, 0.1) is 28.5 Å². The summed E-state index contributed by atoms with van der Waals surface area (Å²) in [5, 5.41) is 1.02. The number of carbonyl (C=O) groups excluding carboxylic acids is 1. The van der Waals surface area contributed by atoms with E-state index in [1.807, 2.05) is 84.7 Å². The Kier molecular flexibility index (Phi) is 14.4. The Balaban J connectivity index is 1.42. The molecule has 0 radical (unpaired) electrons. The van der Waals surface area contributed by atoms with Gasteiger partial charge in [0.2, 0.25) is 0 Å². The quantitative estimate of drug-likeness (QED) is 0.0530. The van der Waals surface area contributed by atoms with E-state index in [1.165, 1.54) is 13.2 Å². The third-order valence-electron chi connectivity index (χ3n) is 15.7. The molecular weight excluding hydrogens is 933 g/mol. The molecule has 3 aromatic carbocycles. The van der Waals surface area contributed by atoms with Crippen molar-refractivity contribution in [2.45, 2.75) is 167 Å². The number of fused-ring (bicyclic) bond motifs is 4. The van der Waals surface area contributed by atoms with Gasteiger partial charge in [-0.05, 0) is 105 Å². The van der Waals surface area contributed by atoms with Gasteiger partial charge in [0.15, 0.2) is 20.9 Å². The lowest BCUT2D eigenvalue weighted by molar-refractivity contribution is -0.00293. The molecule has 1 amide bonds. The fourth-order valence-corrected chi connectivity index (χ4v) is 17.1. The molecule has 1 aliphatic carbocycles. The van der Waals surface area contributed by atoms with E-state index in [0.29, 0.717) is 51.6 Å². The van der Waals surface area contributed by atoms with Crippen LogP contribution < -0.4 is 14.4 Å². The molecule has 3 atom stereocenters. The van der Waals surface area contributed by atoms with Crippen LogP contribution in [0.3, 0.4) is 0 Å². The van der Waals surface area contributed by atoms with Crippen LogP contribution in [0.4, 0.5) is 28.2 Å². The van der Waals surface area contributed by atoms with E-state index in [2.05, 4.69) is 58.0 Å². The second-order valence-electron chi connectivity index (χ2n) is 23.8. The first-order valence-electron chi connectivity index (χ1n) is 24.7. The van der Waals surface area contributed by atoms with Crippen LogP contribution >= 0.6 is 0 Å². The Morgan fingerprint density at radius 2 is 1.60 bits per heavy atom. The van der Waals surface area contributed by atoms with Gasteiger partial charge < -0.3 is 28.3 Å². The molecule has 1 saturated carbocycles. The highest BCUT2D eigenvalue weighted by atomic mass is 28.4. The van der Waals surface area contributed by atoms with Crippen LogP contribution in [0.5, 0.6) is 11.8 Å². The number of piperazine rings is 1. The molecule has 4 aromatic rings. The maximum Gasteiger partial charge on any atom is 0.411 e. The number of hydrogen-bond acceptors (Lipinski definition) is 9. The van der Waals surface area contributed by atoms with Crippen molar-refractivity contribution in [3.63, 3.8) is 0 Å². The standard InChI is InChI=1S/C54H74F4N4O6Si2/c1-33(2)70(34(3)4,35(5)6)23-21-36-18-17-19-37-24-39(66-32-64-14)25-40(43(36)37)44-42(55)26-41-46(45(44)56)59-48(65-30-53(28-54(53,57)58)31-67-69(15,16)51(10,11)12)60-47(41)61-27-38-20-22-52(13,29-61)62(38)49(63)68-50(7,8)9/h17-19,24-26,33-35,38H,20,22,27-32H2,1-16H3/t38-,52+,53+/m1/s1. The first-order chi connectivity index (χ1) is 32.4. The van der Waals surface area contributed by atoms with Crippen molar-refractivity contribution in [2.24, 2.45) is 5.41 Å². The van der Waals surface area contributed by atoms with Crippen LogP contribution in [0.25, 0.3) is 32.8 Å². The van der Waals surface area contributed by atoms with E-state index >= 15 is 17.6 Å². The van der Waals surface area contributed by atoms with Gasteiger partial charge >= 0.3 is 12.1 Å². The normalized spacial score (nSPS) is 21.5. The monoisotopic (exact) mass is 1010 g/mol. The minimum atomic E-state index is -3.08. The molecule has 3 aliphatic rings. The van der Waals surface area contributed by atoms with Crippen molar-refractivity contribution in [1.29, 1.82) is 0 Å². The molecule has 2 saturated heterocycles. The predicted octanol–water partition coefficient (Wildman–Crippen LogP) is 13.7. The molecule has 3 fully saturated rings. The number of nitrogens with zero attached hydrogens (tertiary/aromatic N) is 4. The summed E-state index contributed by atoms with van der Waals surface area (Å²) in [7, 11) is -3.22. The van der Waals surface area contributed by atoms with Crippen molar-refractivity contribution < 1.29 is 45.7 Å². The molecule has 10 nitrogen and oxygen atoms in total. The van der Waals surface area contributed by atoms with E-state index in [1.54, 1.807) is 17.0 Å². The molecule has 3 heterocycles. The maximum absolute atomic E-state index is 18.1. The number of hydrogen-bond donors (Lipinski definition) is 0. The zero-order valence-corrected chi connectivity index (χ0v) is 46.2. The van der Waals surface area contributed by atoms with Crippen LogP contribution in [-0.2, 0) is 13.9 Å². The number of halogens is 4. The smallest absolute Gasteiger partial charge is 0.411 e. The highest BCUT2D eigenvalue weighted by Crippen LogP contribution is 2.61. The largest absolute Gasteiger partial charge is 0.468 e. The molecule has 7 rings (SSSR count). The van der Waals surface area contributed by atoms with Crippen LogP contribution in [0.1, 0.15) is 115 Å². The number of amides is 1. The number of benzene rings is 3. The average Bonchev–Trinajstić information content (AvgIpc) is 3.72. The zero-order valence-electron chi connectivity index (χ0n) is 44.2. The van der Waals surface area contributed by atoms with Gasteiger partial charge in [-0.3, -0.25) is 4.90 Å². The van der Waals surface area contributed by atoms with E-state index in [-0.39, 0.29) is 71.4 Å². The van der Waals surface area contributed by atoms with Crippen LogP contribution in [0.15, 0.2) is 36.4 Å². The van der Waals surface area contributed by atoms with E-state index in [9.17, 15) is 4.79 Å². The summed E-state index contributed by atoms with van der Waals surface area (Å²) in [6.45, 7) is 30.6. The van der Waals surface area contributed by atoms with Crippen molar-refractivity contribution in [3.8, 4) is 34.4 Å². The van der Waals surface area contributed by atoms with Gasteiger partial charge in [-0.2, -0.15) is 9.97 Å². The number of ether oxygens (including phenoxy) is 4. The van der Waals surface area contributed by atoms with Crippen molar-refractivity contribution >= 4 is 50.0 Å². The second-order valence-corrected chi connectivity index (χ2v) is 34.2. The Hall–Kier alpha value is -4.44. The van der Waals surface area contributed by atoms with Gasteiger partial charge in [-0.1, -0.05) is 80.4 Å². The summed E-state index contributed by atoms with van der Waals surface area (Å²) in [5.41, 5.74) is 1.86. The Morgan fingerprint density at radius 1 is 0.943 bits per heavy atom. The van der Waals surface area contributed by atoms with Gasteiger partial charge in [0.1, 0.15) is 43.2 Å². The summed E-state index contributed by atoms with van der Waals surface area (Å²) in [6, 6.07) is 9.57. The number of rotatable bonds is 14. The number of anilines is 1. The SMILES string of the molecule is COCOc1cc(-c2c(F)cc3c(N4C[C@H]5CC[C@@](C)(C4)N5C(=O)OC(C)(C)C)nc(OC[C@]4(CO[Si](C)(C)C(C)(C)C)CC4(F)F)nc3c2F)c2c(C#C[Si](C(C)C)(C(C)C)C(C)C)cccc2c1. The van der Waals surface area contributed by atoms with Gasteiger partial charge in [-0.15, -0.1) is 5.54 Å². The molecule has 1 aromatic heterocycles. The van der Waals surface area contributed by atoms with E-state index in [0.717, 1.165) is 0 Å². The number of methoxy groups -OCH3 is 1. The predicted molar refractivity (Wildman–Crippen MR) is 275 cm³/mol. The van der Waals surface area contributed by atoms with Gasteiger partial charge in [-0.25, -0.2) is 22.4 Å². The van der Waals surface area contributed by atoms with E-state index in [4.69, 9.17) is 28.4 Å². The maximum atomic E-state index is 18.1. The van der Waals surface area contributed by atoms with Gasteiger partial charge in [0.05, 0.1) is 22.6 Å². The Labute approximate surface area is 414 Å². The van der Waals surface area contributed by atoms with Gasteiger partial charge in [0, 0.05) is 55.1 Å². The molecule has 16 heteroatoms. The molecule has 2 aliphatic heterocycles. The summed E-state index contributed by atoms with van der Waals surface area (Å²) < 4.78 is 96.1. The lowest BCUT2D eigenvalue weighted by Crippen LogP contribution is -2.63. The lowest BCUT2D eigenvalue weighted by atomic mass is 9.92. The molecule has 70 heavy (non-hydrogen) atoms. The topological polar surface area (TPSA) is 95.5 Å². The highest BCUT2D eigenvalue weighted by molar-refractivity contribution is 6.90. The van der Waals surface area contributed by atoms with Gasteiger partial charge in [0.25, 0.3) is 5.92 Å².